The standard InChI is InChI=1S/C10H5ClN2S/c11-10-8(6-12)7(3-4-13-10)9-2-1-5-14-9/h1-5H. The third-order valence-electron chi connectivity index (χ3n) is 1.80. The summed E-state index contributed by atoms with van der Waals surface area (Å²) in [5, 5.41) is 11.2. The van der Waals surface area contributed by atoms with Crippen molar-refractivity contribution < 1.29 is 0 Å². The lowest BCUT2D eigenvalue weighted by Gasteiger charge is -2.00. The van der Waals surface area contributed by atoms with Gasteiger partial charge in [-0.25, -0.2) is 4.98 Å². The molecule has 0 unspecified atom stereocenters. The van der Waals surface area contributed by atoms with Crippen LogP contribution < -0.4 is 0 Å². The fourth-order valence-electron chi connectivity index (χ4n) is 1.18. The zero-order chi connectivity index (χ0) is 9.97. The van der Waals surface area contributed by atoms with Gasteiger partial charge in [0.25, 0.3) is 0 Å². The Kier molecular flexibility index (Phi) is 2.49. The second kappa shape index (κ2) is 3.79. The van der Waals surface area contributed by atoms with Crippen molar-refractivity contribution in [3.63, 3.8) is 0 Å². The predicted molar refractivity (Wildman–Crippen MR) is 57.3 cm³/mol. The molecule has 0 amide bonds. The van der Waals surface area contributed by atoms with E-state index in [0.717, 1.165) is 10.4 Å². The van der Waals surface area contributed by atoms with Crippen LogP contribution in [-0.2, 0) is 0 Å². The van der Waals surface area contributed by atoms with Crippen molar-refractivity contribution in [2.45, 2.75) is 0 Å². The van der Waals surface area contributed by atoms with E-state index in [2.05, 4.69) is 11.1 Å². The van der Waals surface area contributed by atoms with Crippen LogP contribution in [0.2, 0.25) is 5.15 Å². The zero-order valence-electron chi connectivity index (χ0n) is 7.07. The van der Waals surface area contributed by atoms with Crippen molar-refractivity contribution in [1.29, 1.82) is 5.26 Å². The Morgan fingerprint density at radius 1 is 1.43 bits per heavy atom. The molecule has 0 saturated carbocycles. The number of hydrogen-bond acceptors (Lipinski definition) is 3. The van der Waals surface area contributed by atoms with Crippen LogP contribution in [0.1, 0.15) is 5.56 Å². The summed E-state index contributed by atoms with van der Waals surface area (Å²) in [5.74, 6) is 0. The summed E-state index contributed by atoms with van der Waals surface area (Å²) in [6, 6.07) is 7.76. The van der Waals surface area contributed by atoms with Gasteiger partial charge in [0.15, 0.2) is 0 Å². The van der Waals surface area contributed by atoms with Crippen molar-refractivity contribution in [1.82, 2.24) is 4.98 Å². The zero-order valence-corrected chi connectivity index (χ0v) is 8.64. The molecule has 0 fully saturated rings. The number of nitriles is 1. The molecule has 2 nitrogen and oxygen atoms in total. The van der Waals surface area contributed by atoms with Gasteiger partial charge in [0, 0.05) is 16.6 Å². The highest BCUT2D eigenvalue weighted by Crippen LogP contribution is 2.30. The van der Waals surface area contributed by atoms with Crippen molar-refractivity contribution in [2.24, 2.45) is 0 Å². The monoisotopic (exact) mass is 220 g/mol. The Morgan fingerprint density at radius 3 is 2.93 bits per heavy atom. The summed E-state index contributed by atoms with van der Waals surface area (Å²) >= 11 is 7.39. The molecule has 0 atom stereocenters. The highest BCUT2D eigenvalue weighted by atomic mass is 35.5. The van der Waals surface area contributed by atoms with Crippen molar-refractivity contribution in [3.05, 3.63) is 40.5 Å². The molecule has 0 N–H and O–H groups in total. The molecule has 0 aliphatic carbocycles. The van der Waals surface area contributed by atoms with Gasteiger partial charge in [0.2, 0.25) is 0 Å². The first-order valence-corrected chi connectivity index (χ1v) is 5.17. The van der Waals surface area contributed by atoms with E-state index in [-0.39, 0.29) is 5.15 Å². The van der Waals surface area contributed by atoms with Crippen LogP contribution >= 0.6 is 22.9 Å². The molecule has 0 saturated heterocycles. The normalized spacial score (nSPS) is 9.71. The smallest absolute Gasteiger partial charge is 0.147 e. The minimum absolute atomic E-state index is 0.262. The van der Waals surface area contributed by atoms with Crippen LogP contribution in [0.25, 0.3) is 10.4 Å². The molecule has 2 heterocycles. The molecule has 0 radical (unpaired) electrons. The van der Waals surface area contributed by atoms with Gasteiger partial charge in [0.1, 0.15) is 11.2 Å². The average Bonchev–Trinajstić information content (AvgIpc) is 2.70. The number of halogens is 1. The Balaban J connectivity index is 2.66. The summed E-state index contributed by atoms with van der Waals surface area (Å²) in [4.78, 5) is 4.90. The first kappa shape index (κ1) is 9.20. The quantitative estimate of drug-likeness (QED) is 0.692. The van der Waals surface area contributed by atoms with E-state index in [9.17, 15) is 0 Å². The Morgan fingerprint density at radius 2 is 2.29 bits per heavy atom. The molecule has 2 aromatic heterocycles. The molecule has 68 valence electrons. The van der Waals surface area contributed by atoms with E-state index in [1.165, 1.54) is 0 Å². The van der Waals surface area contributed by atoms with Gasteiger partial charge in [-0.2, -0.15) is 5.26 Å². The molecule has 0 aliphatic rings. The van der Waals surface area contributed by atoms with E-state index >= 15 is 0 Å². The van der Waals surface area contributed by atoms with Gasteiger partial charge < -0.3 is 0 Å². The van der Waals surface area contributed by atoms with Crippen molar-refractivity contribution in [3.8, 4) is 16.5 Å². The van der Waals surface area contributed by atoms with Gasteiger partial charge in [-0.3, -0.25) is 0 Å². The first-order chi connectivity index (χ1) is 6.83. The largest absolute Gasteiger partial charge is 0.243 e. The number of nitrogens with zero attached hydrogens (tertiary/aromatic N) is 2. The average molecular weight is 221 g/mol. The molecular formula is C10H5ClN2S. The molecule has 2 rings (SSSR count). The topological polar surface area (TPSA) is 36.7 Å². The predicted octanol–water partition coefficient (Wildman–Crippen LogP) is 3.34. The molecule has 4 heteroatoms. The maximum Gasteiger partial charge on any atom is 0.147 e. The highest BCUT2D eigenvalue weighted by molar-refractivity contribution is 7.13. The van der Waals surface area contributed by atoms with Crippen LogP contribution in [0.3, 0.4) is 0 Å². The van der Waals surface area contributed by atoms with E-state index < -0.39 is 0 Å². The van der Waals surface area contributed by atoms with Crippen LogP contribution in [-0.4, -0.2) is 4.98 Å². The van der Waals surface area contributed by atoms with Gasteiger partial charge in [-0.1, -0.05) is 17.7 Å². The van der Waals surface area contributed by atoms with Crippen molar-refractivity contribution >= 4 is 22.9 Å². The van der Waals surface area contributed by atoms with Crippen LogP contribution in [0.4, 0.5) is 0 Å². The van der Waals surface area contributed by atoms with Gasteiger partial charge in [-0.15, -0.1) is 11.3 Å². The summed E-state index contributed by atoms with van der Waals surface area (Å²) < 4.78 is 0. The van der Waals surface area contributed by atoms with E-state index in [1.54, 1.807) is 23.6 Å². The fourth-order valence-corrected chi connectivity index (χ4v) is 2.14. The summed E-state index contributed by atoms with van der Waals surface area (Å²) in [5.41, 5.74) is 1.29. The van der Waals surface area contributed by atoms with Gasteiger partial charge in [0.05, 0.1) is 5.56 Å². The highest BCUT2D eigenvalue weighted by Gasteiger charge is 2.09. The van der Waals surface area contributed by atoms with Crippen molar-refractivity contribution in [2.75, 3.05) is 0 Å². The number of hydrogen-bond donors (Lipinski definition) is 0. The van der Waals surface area contributed by atoms with Crippen LogP contribution in [0.5, 0.6) is 0 Å². The first-order valence-electron chi connectivity index (χ1n) is 3.91. The third kappa shape index (κ3) is 1.50. The van der Waals surface area contributed by atoms with Crippen LogP contribution in [0, 0.1) is 11.3 Å². The molecular weight excluding hydrogens is 216 g/mol. The minimum atomic E-state index is 0.262. The second-order valence-electron chi connectivity index (χ2n) is 2.61. The van der Waals surface area contributed by atoms with E-state index in [4.69, 9.17) is 16.9 Å². The number of thiophene rings is 1. The maximum absolute atomic E-state index is 8.93. The minimum Gasteiger partial charge on any atom is -0.243 e. The lowest BCUT2D eigenvalue weighted by Crippen LogP contribution is -1.86. The lowest BCUT2D eigenvalue weighted by atomic mass is 10.1. The lowest BCUT2D eigenvalue weighted by molar-refractivity contribution is 1.30. The van der Waals surface area contributed by atoms with E-state index in [0.29, 0.717) is 5.56 Å². The SMILES string of the molecule is N#Cc1c(-c2cccs2)ccnc1Cl. The number of rotatable bonds is 1. The third-order valence-corrected chi connectivity index (χ3v) is 2.99. The second-order valence-corrected chi connectivity index (χ2v) is 3.92. The van der Waals surface area contributed by atoms with Gasteiger partial charge in [-0.05, 0) is 17.5 Å². The molecule has 0 aliphatic heterocycles. The van der Waals surface area contributed by atoms with Gasteiger partial charge >= 0.3 is 0 Å². The molecule has 0 bridgehead atoms. The van der Waals surface area contributed by atoms with E-state index in [1.807, 2.05) is 17.5 Å². The fraction of sp³-hybridized carbons (Fsp3) is 0. The summed E-state index contributed by atoms with van der Waals surface area (Å²) in [7, 11) is 0. The number of pyridine rings is 1. The molecule has 0 spiro atoms. The molecule has 14 heavy (non-hydrogen) atoms. The van der Waals surface area contributed by atoms with Crippen LogP contribution in [0.15, 0.2) is 29.8 Å². The summed E-state index contributed by atoms with van der Waals surface area (Å²) in [6.45, 7) is 0. The molecule has 0 aromatic carbocycles. The summed E-state index contributed by atoms with van der Waals surface area (Å²) in [6.07, 6.45) is 1.61. The Labute approximate surface area is 90.4 Å². The number of aromatic nitrogens is 1. The Hall–Kier alpha value is -1.37. The Bertz CT molecular complexity index is 485. The molecule has 2 aromatic rings. The maximum atomic E-state index is 8.93.